The summed E-state index contributed by atoms with van der Waals surface area (Å²) in [5.74, 6) is 0.548. The van der Waals surface area contributed by atoms with Gasteiger partial charge in [0.05, 0.1) is 17.8 Å². The first kappa shape index (κ1) is 18.0. The highest BCUT2D eigenvalue weighted by molar-refractivity contribution is 9.10. The van der Waals surface area contributed by atoms with Crippen molar-refractivity contribution in [3.63, 3.8) is 0 Å². The van der Waals surface area contributed by atoms with Gasteiger partial charge in [0.15, 0.2) is 0 Å². The van der Waals surface area contributed by atoms with Crippen LogP contribution in [-0.2, 0) is 4.74 Å². The van der Waals surface area contributed by atoms with Crippen molar-refractivity contribution < 1.29 is 9.53 Å². The molecular formula is C17H24BrN5O2. The summed E-state index contributed by atoms with van der Waals surface area (Å²) in [4.78, 5) is 16.5. The predicted molar refractivity (Wildman–Crippen MR) is 99.7 cm³/mol. The van der Waals surface area contributed by atoms with Gasteiger partial charge in [-0.15, -0.1) is 5.10 Å². The van der Waals surface area contributed by atoms with Gasteiger partial charge in [0.2, 0.25) is 5.95 Å². The van der Waals surface area contributed by atoms with Gasteiger partial charge >= 0.3 is 6.09 Å². The van der Waals surface area contributed by atoms with Crippen molar-refractivity contribution >= 4 is 33.5 Å². The molecule has 0 aliphatic heterocycles. The van der Waals surface area contributed by atoms with Crippen molar-refractivity contribution in [1.82, 2.24) is 19.9 Å². The molecule has 2 aromatic rings. The maximum Gasteiger partial charge on any atom is 0.407 e. The Kier molecular flexibility index (Phi) is 5.17. The van der Waals surface area contributed by atoms with E-state index in [1.54, 1.807) is 10.7 Å². The summed E-state index contributed by atoms with van der Waals surface area (Å²) >= 11 is 3.47. The van der Waals surface area contributed by atoms with Crippen LogP contribution in [0.5, 0.6) is 0 Å². The first-order valence-electron chi connectivity index (χ1n) is 8.58. The normalized spacial score (nSPS) is 21.1. The number of anilines is 1. The number of hydrogen-bond acceptors (Lipinski definition) is 5. The van der Waals surface area contributed by atoms with Gasteiger partial charge in [-0.2, -0.15) is 0 Å². The molecule has 1 aliphatic rings. The number of alkyl carbamates (subject to hydrolysis) is 1. The SMILES string of the molecule is CC(C)(C)OC(=O)N[C@H]1CCCCC1Nc1ncc2ccc(Br)n2n1. The lowest BCUT2D eigenvalue weighted by molar-refractivity contribution is 0.0488. The fraction of sp³-hybridized carbons (Fsp3) is 0.588. The Balaban J connectivity index is 1.69. The van der Waals surface area contributed by atoms with Gasteiger partial charge in [-0.3, -0.25) is 0 Å². The second-order valence-corrected chi connectivity index (χ2v) is 8.18. The Hall–Kier alpha value is -1.83. The minimum absolute atomic E-state index is 0.00370. The molecule has 8 heteroatoms. The van der Waals surface area contributed by atoms with E-state index in [-0.39, 0.29) is 18.2 Å². The van der Waals surface area contributed by atoms with Crippen LogP contribution >= 0.6 is 15.9 Å². The largest absolute Gasteiger partial charge is 0.444 e. The number of fused-ring (bicyclic) bond motifs is 1. The molecule has 1 saturated carbocycles. The van der Waals surface area contributed by atoms with Gasteiger partial charge in [0.25, 0.3) is 0 Å². The minimum Gasteiger partial charge on any atom is -0.444 e. The van der Waals surface area contributed by atoms with E-state index in [1.165, 1.54) is 0 Å². The van der Waals surface area contributed by atoms with E-state index in [0.717, 1.165) is 35.8 Å². The number of aromatic nitrogens is 3. The highest BCUT2D eigenvalue weighted by atomic mass is 79.9. The third-order valence-electron chi connectivity index (χ3n) is 4.13. The van der Waals surface area contributed by atoms with E-state index < -0.39 is 5.60 Å². The zero-order valence-corrected chi connectivity index (χ0v) is 16.3. The number of carbonyl (C=O) groups excluding carboxylic acids is 1. The van der Waals surface area contributed by atoms with Gasteiger partial charge in [-0.05, 0) is 61.7 Å². The summed E-state index contributed by atoms with van der Waals surface area (Å²) in [6.45, 7) is 5.59. The van der Waals surface area contributed by atoms with Gasteiger partial charge in [0.1, 0.15) is 10.2 Å². The zero-order chi connectivity index (χ0) is 18.0. The highest BCUT2D eigenvalue weighted by Crippen LogP contribution is 2.22. The van der Waals surface area contributed by atoms with E-state index in [1.807, 2.05) is 32.9 Å². The van der Waals surface area contributed by atoms with Crippen LogP contribution in [0.3, 0.4) is 0 Å². The summed E-state index contributed by atoms with van der Waals surface area (Å²) in [6, 6.07) is 3.95. The third-order valence-corrected chi connectivity index (χ3v) is 4.74. The molecule has 25 heavy (non-hydrogen) atoms. The Labute approximate surface area is 155 Å². The van der Waals surface area contributed by atoms with Gasteiger partial charge in [0, 0.05) is 6.04 Å². The first-order chi connectivity index (χ1) is 11.8. The standard InChI is InChI=1S/C17H24BrN5O2/c1-17(2,3)25-16(24)21-13-7-5-4-6-12(13)20-15-19-10-11-8-9-14(18)23(11)22-15/h8-10,12-13H,4-7H2,1-3H3,(H,20,22)(H,21,24)/t12?,13-/m0/s1. The number of hydrogen-bond donors (Lipinski definition) is 2. The van der Waals surface area contributed by atoms with Gasteiger partial charge < -0.3 is 15.4 Å². The molecule has 0 bridgehead atoms. The summed E-state index contributed by atoms with van der Waals surface area (Å²) in [5, 5.41) is 10.9. The molecule has 2 heterocycles. The molecule has 2 aromatic heterocycles. The lowest BCUT2D eigenvalue weighted by atomic mass is 9.90. The summed E-state index contributed by atoms with van der Waals surface area (Å²) in [5.41, 5.74) is 0.417. The molecule has 7 nitrogen and oxygen atoms in total. The highest BCUT2D eigenvalue weighted by Gasteiger charge is 2.29. The van der Waals surface area contributed by atoms with Gasteiger partial charge in [-0.25, -0.2) is 14.3 Å². The quantitative estimate of drug-likeness (QED) is 0.806. The number of nitrogens with zero attached hydrogens (tertiary/aromatic N) is 3. The van der Waals surface area contributed by atoms with Crippen molar-refractivity contribution in [3.05, 3.63) is 22.9 Å². The van der Waals surface area contributed by atoms with E-state index >= 15 is 0 Å². The Morgan fingerprint density at radius 1 is 1.28 bits per heavy atom. The molecule has 0 aromatic carbocycles. The van der Waals surface area contributed by atoms with Crippen LogP contribution in [0.15, 0.2) is 22.9 Å². The molecule has 2 N–H and O–H groups in total. The topological polar surface area (TPSA) is 80.5 Å². The Morgan fingerprint density at radius 2 is 2.00 bits per heavy atom. The molecule has 1 aliphatic carbocycles. The fourth-order valence-corrected chi connectivity index (χ4v) is 3.45. The van der Waals surface area contributed by atoms with Crippen molar-refractivity contribution in [1.29, 1.82) is 0 Å². The van der Waals surface area contributed by atoms with E-state index in [2.05, 4.69) is 36.6 Å². The van der Waals surface area contributed by atoms with Crippen LogP contribution in [0.1, 0.15) is 46.5 Å². The van der Waals surface area contributed by atoms with Crippen LogP contribution in [0.2, 0.25) is 0 Å². The second-order valence-electron chi connectivity index (χ2n) is 7.36. The molecule has 0 spiro atoms. The Morgan fingerprint density at radius 3 is 2.72 bits per heavy atom. The maximum absolute atomic E-state index is 12.1. The number of rotatable bonds is 3. The van der Waals surface area contributed by atoms with Crippen LogP contribution in [-0.4, -0.2) is 38.4 Å². The first-order valence-corrected chi connectivity index (χ1v) is 9.37. The number of halogens is 1. The lowest BCUT2D eigenvalue weighted by Gasteiger charge is -2.33. The maximum atomic E-state index is 12.1. The van der Waals surface area contributed by atoms with E-state index in [0.29, 0.717) is 5.95 Å². The molecule has 1 unspecified atom stereocenters. The summed E-state index contributed by atoms with van der Waals surface area (Å²) < 4.78 is 8.04. The number of carbonyl (C=O) groups is 1. The molecule has 3 rings (SSSR count). The number of amides is 1. The fourth-order valence-electron chi connectivity index (χ4n) is 3.04. The van der Waals surface area contributed by atoms with Crippen molar-refractivity contribution in [2.45, 2.75) is 64.1 Å². The smallest absolute Gasteiger partial charge is 0.407 e. The minimum atomic E-state index is -0.503. The Bertz CT molecular complexity index is 755. The predicted octanol–water partition coefficient (Wildman–Crippen LogP) is 3.74. The lowest BCUT2D eigenvalue weighted by Crippen LogP contribution is -2.50. The van der Waals surface area contributed by atoms with Gasteiger partial charge in [-0.1, -0.05) is 12.8 Å². The molecule has 136 valence electrons. The van der Waals surface area contributed by atoms with E-state index in [4.69, 9.17) is 4.74 Å². The molecule has 1 fully saturated rings. The van der Waals surface area contributed by atoms with Crippen molar-refractivity contribution in [3.8, 4) is 0 Å². The van der Waals surface area contributed by atoms with Crippen LogP contribution in [0, 0.1) is 0 Å². The number of ether oxygens (including phenoxy) is 1. The average Bonchev–Trinajstić information content (AvgIpc) is 2.88. The van der Waals surface area contributed by atoms with Crippen molar-refractivity contribution in [2.24, 2.45) is 0 Å². The molecule has 1 amide bonds. The van der Waals surface area contributed by atoms with Crippen LogP contribution in [0.4, 0.5) is 10.7 Å². The summed E-state index contributed by atoms with van der Waals surface area (Å²) in [7, 11) is 0. The molecule has 0 saturated heterocycles. The van der Waals surface area contributed by atoms with Crippen molar-refractivity contribution in [2.75, 3.05) is 5.32 Å². The third kappa shape index (κ3) is 4.62. The second kappa shape index (κ2) is 7.19. The average molecular weight is 410 g/mol. The van der Waals surface area contributed by atoms with Crippen LogP contribution < -0.4 is 10.6 Å². The number of nitrogens with one attached hydrogen (secondary N) is 2. The summed E-state index contributed by atoms with van der Waals surface area (Å²) in [6.07, 6.45) is 5.46. The van der Waals surface area contributed by atoms with E-state index in [9.17, 15) is 4.79 Å². The molecule has 0 radical (unpaired) electrons. The molecule has 2 atom stereocenters. The monoisotopic (exact) mass is 409 g/mol. The molecular weight excluding hydrogens is 386 g/mol. The zero-order valence-electron chi connectivity index (χ0n) is 14.8. The van der Waals surface area contributed by atoms with Crippen LogP contribution in [0.25, 0.3) is 5.52 Å².